The number of likely N-dealkylation sites (tertiary alicyclic amines) is 1. The molecule has 1 aliphatic rings. The van der Waals surface area contributed by atoms with Gasteiger partial charge in [0.05, 0.1) is 7.11 Å². The molecule has 1 saturated heterocycles. The van der Waals surface area contributed by atoms with Crippen LogP contribution in [-0.4, -0.2) is 43.4 Å². The Morgan fingerprint density at radius 1 is 1.45 bits per heavy atom. The number of methoxy groups -OCH3 is 1. The second-order valence-electron chi connectivity index (χ2n) is 4.90. The number of para-hydroxylation sites is 1. The highest BCUT2D eigenvalue weighted by Gasteiger charge is 2.24. The SMILES string of the molecule is COc1cccc(CN2CCC(CO)C2)c1OC(F)F. The van der Waals surface area contributed by atoms with Gasteiger partial charge in [0.15, 0.2) is 11.5 Å². The van der Waals surface area contributed by atoms with Crippen LogP contribution in [0, 0.1) is 5.92 Å². The normalized spacial score (nSPS) is 19.6. The molecule has 1 fully saturated rings. The minimum absolute atomic E-state index is 0.0949. The third kappa shape index (κ3) is 3.58. The minimum atomic E-state index is -2.88. The van der Waals surface area contributed by atoms with Crippen molar-refractivity contribution >= 4 is 0 Å². The van der Waals surface area contributed by atoms with Crippen LogP contribution in [0.5, 0.6) is 11.5 Å². The summed E-state index contributed by atoms with van der Waals surface area (Å²) in [6.45, 7) is -0.600. The van der Waals surface area contributed by atoms with Crippen molar-refractivity contribution in [2.75, 3.05) is 26.8 Å². The van der Waals surface area contributed by atoms with E-state index >= 15 is 0 Å². The third-order valence-corrected chi connectivity index (χ3v) is 3.51. The summed E-state index contributed by atoms with van der Waals surface area (Å²) < 4.78 is 34.7. The van der Waals surface area contributed by atoms with E-state index in [1.807, 2.05) is 0 Å². The molecule has 6 heteroatoms. The Hall–Kier alpha value is -1.40. The van der Waals surface area contributed by atoms with Gasteiger partial charge in [0.25, 0.3) is 0 Å². The quantitative estimate of drug-likeness (QED) is 0.870. The minimum Gasteiger partial charge on any atom is -0.493 e. The van der Waals surface area contributed by atoms with Gasteiger partial charge < -0.3 is 14.6 Å². The van der Waals surface area contributed by atoms with Gasteiger partial charge in [-0.25, -0.2) is 0 Å². The average molecular weight is 287 g/mol. The standard InChI is InChI=1S/C14H19F2NO3/c1-19-12-4-2-3-11(13(12)20-14(15)16)8-17-6-5-10(7-17)9-18/h2-4,10,14,18H,5-9H2,1H3. The van der Waals surface area contributed by atoms with E-state index in [0.29, 0.717) is 17.9 Å². The molecule has 0 radical (unpaired) electrons. The molecule has 1 aliphatic heterocycles. The van der Waals surface area contributed by atoms with Gasteiger partial charge in [0.2, 0.25) is 0 Å². The first-order chi connectivity index (χ1) is 9.63. The lowest BCUT2D eigenvalue weighted by atomic mass is 10.1. The number of rotatable bonds is 6. The van der Waals surface area contributed by atoms with Gasteiger partial charge in [0, 0.05) is 25.3 Å². The topological polar surface area (TPSA) is 41.9 Å². The summed E-state index contributed by atoms with van der Waals surface area (Å²) in [6, 6.07) is 5.11. The van der Waals surface area contributed by atoms with Crippen molar-refractivity contribution in [3.63, 3.8) is 0 Å². The summed E-state index contributed by atoms with van der Waals surface area (Å²) in [5.41, 5.74) is 0.670. The first kappa shape index (κ1) is 15.0. The number of aliphatic hydroxyl groups excluding tert-OH is 1. The van der Waals surface area contributed by atoms with E-state index in [-0.39, 0.29) is 18.3 Å². The Morgan fingerprint density at radius 2 is 2.25 bits per heavy atom. The Bertz CT molecular complexity index is 442. The van der Waals surface area contributed by atoms with E-state index in [1.54, 1.807) is 18.2 Å². The van der Waals surface area contributed by atoms with Gasteiger partial charge in [-0.2, -0.15) is 8.78 Å². The Kier molecular flexibility index (Phi) is 5.14. The summed E-state index contributed by atoms with van der Waals surface area (Å²) in [7, 11) is 1.43. The molecule has 20 heavy (non-hydrogen) atoms. The van der Waals surface area contributed by atoms with E-state index in [4.69, 9.17) is 9.84 Å². The van der Waals surface area contributed by atoms with Crippen molar-refractivity contribution in [1.29, 1.82) is 0 Å². The van der Waals surface area contributed by atoms with Crippen LogP contribution in [0.4, 0.5) is 8.78 Å². The fourth-order valence-electron chi connectivity index (χ4n) is 2.52. The zero-order valence-corrected chi connectivity index (χ0v) is 11.4. The number of hydrogen-bond acceptors (Lipinski definition) is 4. The predicted molar refractivity (Wildman–Crippen MR) is 70.1 cm³/mol. The lowest BCUT2D eigenvalue weighted by Gasteiger charge is -2.19. The highest BCUT2D eigenvalue weighted by molar-refractivity contribution is 5.46. The van der Waals surface area contributed by atoms with Crippen LogP contribution in [0.3, 0.4) is 0 Å². The molecule has 0 amide bonds. The highest BCUT2D eigenvalue weighted by atomic mass is 19.3. The molecule has 1 unspecified atom stereocenters. The molecule has 0 aromatic heterocycles. The van der Waals surface area contributed by atoms with Gasteiger partial charge in [-0.15, -0.1) is 0 Å². The Balaban J connectivity index is 2.14. The molecule has 2 rings (SSSR count). The smallest absolute Gasteiger partial charge is 0.387 e. The first-order valence-electron chi connectivity index (χ1n) is 6.58. The maximum absolute atomic E-state index is 12.5. The van der Waals surface area contributed by atoms with E-state index in [2.05, 4.69) is 9.64 Å². The number of benzene rings is 1. The zero-order chi connectivity index (χ0) is 14.5. The molecule has 1 aromatic carbocycles. The van der Waals surface area contributed by atoms with Gasteiger partial charge in [-0.05, 0) is 24.9 Å². The zero-order valence-electron chi connectivity index (χ0n) is 11.4. The molecule has 1 aromatic rings. The van der Waals surface area contributed by atoms with Crippen LogP contribution in [0.1, 0.15) is 12.0 Å². The summed E-state index contributed by atoms with van der Waals surface area (Å²) in [5.74, 6) is 0.665. The average Bonchev–Trinajstić information content (AvgIpc) is 2.88. The lowest BCUT2D eigenvalue weighted by molar-refractivity contribution is -0.0521. The van der Waals surface area contributed by atoms with Crippen LogP contribution in [0.25, 0.3) is 0 Å². The van der Waals surface area contributed by atoms with Crippen molar-refractivity contribution in [2.45, 2.75) is 19.6 Å². The van der Waals surface area contributed by atoms with Crippen molar-refractivity contribution in [2.24, 2.45) is 5.92 Å². The molecule has 0 aliphatic carbocycles. The number of hydrogen-bond donors (Lipinski definition) is 1. The number of halogens is 2. The molecule has 0 saturated carbocycles. The number of ether oxygens (including phenoxy) is 2. The van der Waals surface area contributed by atoms with Gasteiger partial charge >= 0.3 is 6.61 Å². The monoisotopic (exact) mass is 287 g/mol. The van der Waals surface area contributed by atoms with E-state index in [0.717, 1.165) is 19.5 Å². The fraction of sp³-hybridized carbons (Fsp3) is 0.571. The largest absolute Gasteiger partial charge is 0.493 e. The van der Waals surface area contributed by atoms with Crippen LogP contribution in [-0.2, 0) is 6.54 Å². The number of aliphatic hydroxyl groups is 1. The van der Waals surface area contributed by atoms with Crippen LogP contribution >= 0.6 is 0 Å². The predicted octanol–water partition coefficient (Wildman–Crippen LogP) is 2.11. The molecule has 1 N–H and O–H groups in total. The molecule has 0 spiro atoms. The Labute approximate surface area is 116 Å². The van der Waals surface area contributed by atoms with Crippen molar-refractivity contribution in [3.8, 4) is 11.5 Å². The maximum Gasteiger partial charge on any atom is 0.387 e. The summed E-state index contributed by atoms with van der Waals surface area (Å²) >= 11 is 0. The van der Waals surface area contributed by atoms with Crippen LogP contribution in [0.15, 0.2) is 18.2 Å². The molecule has 1 atom stereocenters. The van der Waals surface area contributed by atoms with Gasteiger partial charge in [-0.1, -0.05) is 12.1 Å². The first-order valence-corrected chi connectivity index (χ1v) is 6.58. The van der Waals surface area contributed by atoms with E-state index in [1.165, 1.54) is 7.11 Å². The molecular formula is C14H19F2NO3. The molecule has 4 nitrogen and oxygen atoms in total. The van der Waals surface area contributed by atoms with Crippen molar-refractivity contribution < 1.29 is 23.4 Å². The molecule has 0 bridgehead atoms. The lowest BCUT2D eigenvalue weighted by Crippen LogP contribution is -2.21. The van der Waals surface area contributed by atoms with Gasteiger partial charge in [0.1, 0.15) is 0 Å². The number of nitrogens with zero attached hydrogens (tertiary/aromatic N) is 1. The number of alkyl halides is 2. The van der Waals surface area contributed by atoms with Crippen molar-refractivity contribution in [1.82, 2.24) is 4.90 Å². The van der Waals surface area contributed by atoms with Crippen LogP contribution in [0.2, 0.25) is 0 Å². The maximum atomic E-state index is 12.5. The van der Waals surface area contributed by atoms with Crippen LogP contribution < -0.4 is 9.47 Å². The fourth-order valence-corrected chi connectivity index (χ4v) is 2.52. The molecule has 1 heterocycles. The summed E-state index contributed by atoms with van der Waals surface area (Å²) in [5, 5.41) is 9.14. The van der Waals surface area contributed by atoms with E-state index in [9.17, 15) is 8.78 Å². The second kappa shape index (κ2) is 6.85. The Morgan fingerprint density at radius 3 is 2.85 bits per heavy atom. The van der Waals surface area contributed by atoms with Gasteiger partial charge in [-0.3, -0.25) is 4.90 Å². The van der Waals surface area contributed by atoms with Crippen molar-refractivity contribution in [3.05, 3.63) is 23.8 Å². The van der Waals surface area contributed by atoms with E-state index < -0.39 is 6.61 Å². The summed E-state index contributed by atoms with van der Waals surface area (Å²) in [4.78, 5) is 2.12. The summed E-state index contributed by atoms with van der Waals surface area (Å²) in [6.07, 6.45) is 0.922. The molecular weight excluding hydrogens is 268 g/mol. The highest BCUT2D eigenvalue weighted by Crippen LogP contribution is 2.34. The second-order valence-corrected chi connectivity index (χ2v) is 4.90. The third-order valence-electron chi connectivity index (χ3n) is 3.51. The molecule has 112 valence electrons.